The van der Waals surface area contributed by atoms with Gasteiger partial charge in [-0.15, -0.1) is 0 Å². The number of benzene rings is 2. The van der Waals surface area contributed by atoms with Gasteiger partial charge in [0.2, 0.25) is 0 Å². The van der Waals surface area contributed by atoms with Gasteiger partial charge < -0.3 is 15.2 Å². The fourth-order valence-electron chi connectivity index (χ4n) is 4.04. The molecule has 0 radical (unpaired) electrons. The van der Waals surface area contributed by atoms with Gasteiger partial charge in [0.25, 0.3) is 0 Å². The number of nitrogens with zero attached hydrogens (tertiary/aromatic N) is 1. The van der Waals surface area contributed by atoms with Crippen molar-refractivity contribution < 1.29 is 0 Å². The van der Waals surface area contributed by atoms with Gasteiger partial charge >= 0.3 is 0 Å². The van der Waals surface area contributed by atoms with Crippen LogP contribution in [0.25, 0.3) is 10.9 Å². The van der Waals surface area contributed by atoms with Gasteiger partial charge in [0, 0.05) is 29.7 Å². The molecule has 1 fully saturated rings. The van der Waals surface area contributed by atoms with Gasteiger partial charge in [-0.3, -0.25) is 0 Å². The van der Waals surface area contributed by atoms with Crippen LogP contribution in [0.1, 0.15) is 24.0 Å². The van der Waals surface area contributed by atoms with E-state index in [0.29, 0.717) is 6.04 Å². The summed E-state index contributed by atoms with van der Waals surface area (Å²) in [6, 6.07) is 20.1. The molecule has 1 aromatic heterocycles. The molecule has 0 bridgehead atoms. The van der Waals surface area contributed by atoms with Gasteiger partial charge in [-0.25, -0.2) is 0 Å². The van der Waals surface area contributed by atoms with Crippen LogP contribution in [0.2, 0.25) is 0 Å². The lowest BCUT2D eigenvalue weighted by atomic mass is 10.0. The van der Waals surface area contributed by atoms with Crippen molar-refractivity contribution in [3.8, 4) is 0 Å². The molecule has 3 nitrogen and oxygen atoms in total. The van der Waals surface area contributed by atoms with E-state index in [1.807, 2.05) is 0 Å². The van der Waals surface area contributed by atoms with E-state index in [0.717, 1.165) is 13.0 Å². The van der Waals surface area contributed by atoms with E-state index in [-0.39, 0.29) is 0 Å². The number of rotatable bonds is 7. The number of aromatic amines is 1. The summed E-state index contributed by atoms with van der Waals surface area (Å²) in [5.74, 6) is 0. The number of likely N-dealkylation sites (tertiary alicyclic amines) is 1. The molecule has 0 saturated carbocycles. The van der Waals surface area contributed by atoms with E-state index in [4.69, 9.17) is 0 Å². The van der Waals surface area contributed by atoms with Crippen molar-refractivity contribution in [2.45, 2.75) is 31.7 Å². The average Bonchev–Trinajstić information content (AvgIpc) is 3.11. The number of aromatic nitrogens is 1. The third-order valence-electron chi connectivity index (χ3n) is 5.65. The number of fused-ring (bicyclic) bond motifs is 1. The minimum Gasteiger partial charge on any atom is -0.361 e. The zero-order valence-electron chi connectivity index (χ0n) is 15.5. The zero-order valence-corrected chi connectivity index (χ0v) is 15.5. The molecule has 0 aliphatic carbocycles. The van der Waals surface area contributed by atoms with Crippen LogP contribution < -0.4 is 5.32 Å². The Balaban J connectivity index is 1.17. The Kier molecular flexibility index (Phi) is 5.68. The summed E-state index contributed by atoms with van der Waals surface area (Å²) in [7, 11) is 0. The largest absolute Gasteiger partial charge is 0.361 e. The van der Waals surface area contributed by atoms with E-state index >= 15 is 0 Å². The van der Waals surface area contributed by atoms with E-state index in [2.05, 4.69) is 76.0 Å². The summed E-state index contributed by atoms with van der Waals surface area (Å²) in [5, 5.41) is 5.14. The molecule has 0 amide bonds. The van der Waals surface area contributed by atoms with Crippen LogP contribution in [0.15, 0.2) is 60.8 Å². The Morgan fingerprint density at radius 3 is 2.54 bits per heavy atom. The first-order valence-electron chi connectivity index (χ1n) is 9.93. The Morgan fingerprint density at radius 2 is 1.69 bits per heavy atom. The zero-order chi connectivity index (χ0) is 17.6. The molecule has 1 saturated heterocycles. The first kappa shape index (κ1) is 17.3. The predicted molar refractivity (Wildman–Crippen MR) is 110 cm³/mol. The molecule has 1 aliphatic heterocycles. The van der Waals surface area contributed by atoms with Gasteiger partial charge in [-0.1, -0.05) is 48.5 Å². The third kappa shape index (κ3) is 4.35. The van der Waals surface area contributed by atoms with Crippen molar-refractivity contribution in [2.24, 2.45) is 0 Å². The van der Waals surface area contributed by atoms with Gasteiger partial charge in [-0.05, 0) is 62.5 Å². The fourth-order valence-corrected chi connectivity index (χ4v) is 4.04. The number of para-hydroxylation sites is 1. The maximum Gasteiger partial charge on any atom is 0.0456 e. The topological polar surface area (TPSA) is 31.1 Å². The van der Waals surface area contributed by atoms with Gasteiger partial charge in [0.1, 0.15) is 0 Å². The van der Waals surface area contributed by atoms with E-state index in [1.54, 1.807) is 0 Å². The van der Waals surface area contributed by atoms with Crippen molar-refractivity contribution in [1.29, 1.82) is 0 Å². The molecule has 4 rings (SSSR count). The third-order valence-corrected chi connectivity index (χ3v) is 5.65. The first-order valence-corrected chi connectivity index (χ1v) is 9.93. The Labute approximate surface area is 156 Å². The molecule has 0 unspecified atom stereocenters. The Hall–Kier alpha value is -2.10. The first-order chi connectivity index (χ1) is 12.9. The molecule has 0 spiro atoms. The number of H-pyrrole nitrogens is 1. The number of piperidine rings is 1. The standard InChI is InChI=1S/C23H29N3/c1-2-6-19(7-3-1)11-15-26-16-12-21(13-17-26)24-14-10-20-18-25-23-9-5-4-8-22(20)23/h1-9,18,21,24-25H,10-17H2. The number of hydrogen-bond acceptors (Lipinski definition) is 2. The van der Waals surface area contributed by atoms with Crippen LogP contribution >= 0.6 is 0 Å². The maximum absolute atomic E-state index is 3.78. The molecule has 0 atom stereocenters. The quantitative estimate of drug-likeness (QED) is 0.677. The highest BCUT2D eigenvalue weighted by Gasteiger charge is 2.18. The van der Waals surface area contributed by atoms with E-state index < -0.39 is 0 Å². The van der Waals surface area contributed by atoms with Crippen molar-refractivity contribution in [2.75, 3.05) is 26.2 Å². The number of nitrogens with one attached hydrogen (secondary N) is 2. The summed E-state index contributed by atoms with van der Waals surface area (Å²) in [5.41, 5.74) is 4.12. The highest BCUT2D eigenvalue weighted by Crippen LogP contribution is 2.18. The van der Waals surface area contributed by atoms with Crippen molar-refractivity contribution in [3.05, 3.63) is 71.9 Å². The normalized spacial score (nSPS) is 16.3. The van der Waals surface area contributed by atoms with Crippen LogP contribution in [0.5, 0.6) is 0 Å². The fraction of sp³-hybridized carbons (Fsp3) is 0.391. The van der Waals surface area contributed by atoms with Gasteiger partial charge in [-0.2, -0.15) is 0 Å². The molecule has 1 aliphatic rings. The van der Waals surface area contributed by atoms with Crippen LogP contribution in [-0.4, -0.2) is 42.1 Å². The lowest BCUT2D eigenvalue weighted by Crippen LogP contribution is -2.43. The van der Waals surface area contributed by atoms with Crippen LogP contribution in [0.3, 0.4) is 0 Å². The van der Waals surface area contributed by atoms with Crippen LogP contribution in [0.4, 0.5) is 0 Å². The van der Waals surface area contributed by atoms with Gasteiger partial charge in [0.05, 0.1) is 0 Å². The van der Waals surface area contributed by atoms with E-state index in [9.17, 15) is 0 Å². The summed E-state index contributed by atoms with van der Waals surface area (Å²) in [6.45, 7) is 4.69. The summed E-state index contributed by atoms with van der Waals surface area (Å²) in [4.78, 5) is 5.99. The molecule has 3 heteroatoms. The van der Waals surface area contributed by atoms with E-state index in [1.165, 1.54) is 60.9 Å². The molecule has 3 aromatic rings. The molecular weight excluding hydrogens is 318 g/mol. The van der Waals surface area contributed by atoms with Crippen molar-refractivity contribution >= 4 is 10.9 Å². The minimum absolute atomic E-state index is 0.674. The highest BCUT2D eigenvalue weighted by atomic mass is 15.1. The molecule has 2 heterocycles. The molecule has 26 heavy (non-hydrogen) atoms. The molecule has 2 aromatic carbocycles. The van der Waals surface area contributed by atoms with Gasteiger partial charge in [0.15, 0.2) is 0 Å². The van der Waals surface area contributed by atoms with Crippen LogP contribution in [0, 0.1) is 0 Å². The van der Waals surface area contributed by atoms with Crippen molar-refractivity contribution in [1.82, 2.24) is 15.2 Å². The SMILES string of the molecule is c1ccc(CCN2CCC(NCCc3c[nH]c4ccccc34)CC2)cc1. The lowest BCUT2D eigenvalue weighted by molar-refractivity contribution is 0.200. The second-order valence-corrected chi connectivity index (χ2v) is 7.42. The predicted octanol–water partition coefficient (Wildman–Crippen LogP) is 4.01. The van der Waals surface area contributed by atoms with Crippen LogP contribution in [-0.2, 0) is 12.8 Å². The summed E-state index contributed by atoms with van der Waals surface area (Å²) < 4.78 is 0. The minimum atomic E-state index is 0.674. The Morgan fingerprint density at radius 1 is 0.923 bits per heavy atom. The average molecular weight is 348 g/mol. The smallest absolute Gasteiger partial charge is 0.0456 e. The number of hydrogen-bond donors (Lipinski definition) is 2. The monoisotopic (exact) mass is 347 g/mol. The lowest BCUT2D eigenvalue weighted by Gasteiger charge is -2.32. The highest BCUT2D eigenvalue weighted by molar-refractivity contribution is 5.83. The second-order valence-electron chi connectivity index (χ2n) is 7.42. The second kappa shape index (κ2) is 8.52. The summed E-state index contributed by atoms with van der Waals surface area (Å²) in [6.07, 6.45) is 6.96. The molecule has 136 valence electrons. The Bertz CT molecular complexity index is 800. The molecule has 2 N–H and O–H groups in total. The summed E-state index contributed by atoms with van der Waals surface area (Å²) >= 11 is 0. The molecular formula is C23H29N3. The van der Waals surface area contributed by atoms with Crippen molar-refractivity contribution in [3.63, 3.8) is 0 Å². The maximum atomic E-state index is 3.78.